The Morgan fingerprint density at radius 1 is 1.29 bits per heavy atom. The topological polar surface area (TPSA) is 61.0 Å². The molecule has 0 amide bonds. The Morgan fingerprint density at radius 2 is 2.06 bits per heavy atom. The Hall–Kier alpha value is -1.59. The van der Waals surface area contributed by atoms with Gasteiger partial charge in [-0.25, -0.2) is 4.98 Å². The Kier molecular flexibility index (Phi) is 3.31. The molecule has 0 saturated carbocycles. The van der Waals surface area contributed by atoms with E-state index in [-0.39, 0.29) is 22.6 Å². The summed E-state index contributed by atoms with van der Waals surface area (Å²) < 4.78 is 18.5. The molecule has 17 heavy (non-hydrogen) atoms. The highest BCUT2D eigenvalue weighted by molar-refractivity contribution is 6.42. The van der Waals surface area contributed by atoms with Gasteiger partial charge in [-0.3, -0.25) is 0 Å². The van der Waals surface area contributed by atoms with Crippen molar-refractivity contribution in [3.05, 3.63) is 40.3 Å². The quantitative estimate of drug-likeness (QED) is 0.912. The average molecular weight is 274 g/mol. The number of hydrogen-bond donors (Lipinski definition) is 1. The monoisotopic (exact) mass is 273 g/mol. The van der Waals surface area contributed by atoms with Crippen molar-refractivity contribution in [1.29, 1.82) is 0 Å². The first-order chi connectivity index (χ1) is 8.08. The van der Waals surface area contributed by atoms with Crippen LogP contribution in [0.4, 0.5) is 10.3 Å². The summed E-state index contributed by atoms with van der Waals surface area (Å²) in [4.78, 5) is 7.08. The predicted molar refractivity (Wildman–Crippen MR) is 62.9 cm³/mol. The van der Waals surface area contributed by atoms with E-state index in [0.717, 1.165) is 6.20 Å². The van der Waals surface area contributed by atoms with Crippen LogP contribution in [0.15, 0.2) is 24.4 Å². The number of aromatic nitrogens is 2. The molecule has 7 heteroatoms. The van der Waals surface area contributed by atoms with Crippen molar-refractivity contribution in [2.45, 2.75) is 0 Å². The highest BCUT2D eigenvalue weighted by atomic mass is 35.5. The summed E-state index contributed by atoms with van der Waals surface area (Å²) in [5, 5.41) is 0.470. The fraction of sp³-hybridized carbons (Fsp3) is 0. The zero-order valence-electron chi connectivity index (χ0n) is 8.32. The van der Waals surface area contributed by atoms with E-state index in [1.165, 1.54) is 6.07 Å². The fourth-order valence-corrected chi connectivity index (χ4v) is 1.43. The van der Waals surface area contributed by atoms with Gasteiger partial charge in [0.25, 0.3) is 5.88 Å². The van der Waals surface area contributed by atoms with Gasteiger partial charge < -0.3 is 10.5 Å². The molecule has 0 aliphatic rings. The van der Waals surface area contributed by atoms with Gasteiger partial charge >= 0.3 is 0 Å². The first kappa shape index (κ1) is 11.9. The molecule has 0 radical (unpaired) electrons. The SMILES string of the molecule is Nc1ncc(F)c(Oc2cccc(Cl)c2Cl)n1. The van der Waals surface area contributed by atoms with Crippen molar-refractivity contribution < 1.29 is 9.13 Å². The zero-order chi connectivity index (χ0) is 12.4. The smallest absolute Gasteiger partial charge is 0.260 e. The molecule has 0 aliphatic heterocycles. The minimum Gasteiger partial charge on any atom is -0.435 e. The third-order valence-corrected chi connectivity index (χ3v) is 2.65. The Labute approximate surface area is 106 Å². The molecule has 0 fully saturated rings. The lowest BCUT2D eigenvalue weighted by Gasteiger charge is -2.08. The molecule has 2 N–H and O–H groups in total. The summed E-state index contributed by atoms with van der Waals surface area (Å²) in [6, 6.07) is 4.74. The van der Waals surface area contributed by atoms with Crippen molar-refractivity contribution in [2.75, 3.05) is 5.73 Å². The highest BCUT2D eigenvalue weighted by Gasteiger charge is 2.11. The third-order valence-electron chi connectivity index (χ3n) is 1.85. The minimum atomic E-state index is -0.741. The van der Waals surface area contributed by atoms with Gasteiger partial charge in [0.05, 0.1) is 11.2 Å². The van der Waals surface area contributed by atoms with Crippen molar-refractivity contribution in [3.63, 3.8) is 0 Å². The second-order valence-electron chi connectivity index (χ2n) is 3.04. The van der Waals surface area contributed by atoms with E-state index >= 15 is 0 Å². The summed E-state index contributed by atoms with van der Waals surface area (Å²) in [5.41, 5.74) is 5.32. The van der Waals surface area contributed by atoms with E-state index < -0.39 is 5.82 Å². The van der Waals surface area contributed by atoms with Crippen molar-refractivity contribution in [3.8, 4) is 11.6 Å². The number of hydrogen-bond acceptors (Lipinski definition) is 4. The largest absolute Gasteiger partial charge is 0.435 e. The molecule has 1 heterocycles. The van der Waals surface area contributed by atoms with Gasteiger partial charge in [0.2, 0.25) is 11.8 Å². The third kappa shape index (κ3) is 2.57. The van der Waals surface area contributed by atoms with Crippen LogP contribution in [0.5, 0.6) is 11.6 Å². The van der Waals surface area contributed by atoms with Crippen LogP contribution in [0.2, 0.25) is 10.0 Å². The molecular weight excluding hydrogens is 268 g/mol. The molecule has 0 spiro atoms. The van der Waals surface area contributed by atoms with Gasteiger partial charge in [0.15, 0.2) is 0 Å². The van der Waals surface area contributed by atoms with Crippen LogP contribution in [0, 0.1) is 5.82 Å². The maximum absolute atomic E-state index is 13.3. The number of rotatable bonds is 2. The molecule has 2 rings (SSSR count). The summed E-state index contributed by atoms with van der Waals surface area (Å²) >= 11 is 11.7. The number of nitrogens with two attached hydrogens (primary N) is 1. The molecule has 4 nitrogen and oxygen atoms in total. The standard InChI is InChI=1S/C10H6Cl2FN3O/c11-5-2-1-3-7(8(5)12)17-9-6(13)4-15-10(14)16-9/h1-4H,(H2,14,15,16). The van der Waals surface area contributed by atoms with Crippen LogP contribution in [0.1, 0.15) is 0 Å². The predicted octanol–water partition coefficient (Wildman–Crippen LogP) is 3.30. The lowest BCUT2D eigenvalue weighted by Crippen LogP contribution is -1.99. The number of anilines is 1. The number of halogens is 3. The molecule has 0 atom stereocenters. The van der Waals surface area contributed by atoms with Gasteiger partial charge in [-0.1, -0.05) is 29.3 Å². The number of benzene rings is 1. The molecule has 88 valence electrons. The molecule has 0 bridgehead atoms. The number of nitrogen functional groups attached to an aromatic ring is 1. The first-order valence-corrected chi connectivity index (χ1v) is 5.23. The second-order valence-corrected chi connectivity index (χ2v) is 3.82. The van der Waals surface area contributed by atoms with Crippen molar-refractivity contribution >= 4 is 29.2 Å². The minimum absolute atomic E-state index is 0.0976. The van der Waals surface area contributed by atoms with Gasteiger partial charge in [-0.2, -0.15) is 9.37 Å². The van der Waals surface area contributed by atoms with E-state index in [0.29, 0.717) is 5.02 Å². The zero-order valence-corrected chi connectivity index (χ0v) is 9.84. The highest BCUT2D eigenvalue weighted by Crippen LogP contribution is 2.34. The Bertz CT molecular complexity index is 565. The lowest BCUT2D eigenvalue weighted by molar-refractivity contribution is 0.421. The molecular formula is C10H6Cl2FN3O. The van der Waals surface area contributed by atoms with Gasteiger partial charge in [-0.05, 0) is 12.1 Å². The number of ether oxygens (including phenoxy) is 1. The first-order valence-electron chi connectivity index (χ1n) is 4.48. The molecule has 0 saturated heterocycles. The van der Waals surface area contributed by atoms with Crippen LogP contribution >= 0.6 is 23.2 Å². The van der Waals surface area contributed by atoms with E-state index in [1.807, 2.05) is 0 Å². The number of nitrogens with zero attached hydrogens (tertiary/aromatic N) is 2. The summed E-state index contributed by atoms with van der Waals surface area (Å²) in [7, 11) is 0. The molecule has 0 aliphatic carbocycles. The van der Waals surface area contributed by atoms with E-state index in [4.69, 9.17) is 33.7 Å². The van der Waals surface area contributed by atoms with Crippen LogP contribution in [0.3, 0.4) is 0 Å². The summed E-state index contributed by atoms with van der Waals surface area (Å²) in [6.07, 6.45) is 0.913. The van der Waals surface area contributed by atoms with Crippen LogP contribution in [-0.4, -0.2) is 9.97 Å². The molecule has 1 aromatic heterocycles. The van der Waals surface area contributed by atoms with Gasteiger partial charge in [0, 0.05) is 0 Å². The van der Waals surface area contributed by atoms with Crippen LogP contribution in [0.25, 0.3) is 0 Å². The van der Waals surface area contributed by atoms with Crippen molar-refractivity contribution in [2.24, 2.45) is 0 Å². The maximum Gasteiger partial charge on any atom is 0.260 e. The van der Waals surface area contributed by atoms with E-state index in [1.54, 1.807) is 12.1 Å². The average Bonchev–Trinajstić information content (AvgIpc) is 2.30. The maximum atomic E-state index is 13.3. The van der Waals surface area contributed by atoms with E-state index in [2.05, 4.69) is 9.97 Å². The lowest BCUT2D eigenvalue weighted by atomic mass is 10.3. The second kappa shape index (κ2) is 4.73. The normalized spacial score (nSPS) is 10.3. The Balaban J connectivity index is 2.38. The molecule has 1 aromatic carbocycles. The fourth-order valence-electron chi connectivity index (χ4n) is 1.10. The Morgan fingerprint density at radius 3 is 2.82 bits per heavy atom. The van der Waals surface area contributed by atoms with Crippen molar-refractivity contribution in [1.82, 2.24) is 9.97 Å². The molecule has 0 unspecified atom stereocenters. The van der Waals surface area contributed by atoms with Gasteiger partial charge in [-0.15, -0.1) is 0 Å². The molecule has 2 aromatic rings. The van der Waals surface area contributed by atoms with E-state index in [9.17, 15) is 4.39 Å². The van der Waals surface area contributed by atoms with Crippen LogP contribution in [-0.2, 0) is 0 Å². The summed E-state index contributed by atoms with van der Waals surface area (Å²) in [6.45, 7) is 0. The van der Waals surface area contributed by atoms with Crippen LogP contribution < -0.4 is 10.5 Å². The summed E-state index contributed by atoms with van der Waals surface area (Å²) in [5.74, 6) is -0.951. The van der Waals surface area contributed by atoms with Gasteiger partial charge in [0.1, 0.15) is 10.8 Å².